The number of nitrogens with zero attached hydrogens (tertiary/aromatic N) is 2. The molecule has 0 saturated carbocycles. The quantitative estimate of drug-likeness (QED) is 0.210. The third-order valence-electron chi connectivity index (χ3n) is 7.87. The zero-order valence-electron chi connectivity index (χ0n) is 21.9. The normalized spacial score (nSPS) is 13.2. The van der Waals surface area contributed by atoms with E-state index in [1.54, 1.807) is 0 Å². The molecule has 184 valence electrons. The van der Waals surface area contributed by atoms with Crippen molar-refractivity contribution in [3.05, 3.63) is 132 Å². The van der Waals surface area contributed by atoms with Crippen LogP contribution in [0.3, 0.4) is 0 Å². The van der Waals surface area contributed by atoms with E-state index in [0.29, 0.717) is 0 Å². The number of benzene rings is 6. The van der Waals surface area contributed by atoms with E-state index in [1.807, 2.05) is 0 Å². The average molecular weight is 491 g/mol. The number of hydrogen-bond donors (Lipinski definition) is 0. The lowest BCUT2D eigenvalue weighted by Crippen LogP contribution is -2.19. The topological polar surface area (TPSA) is 6.48 Å². The van der Waals surface area contributed by atoms with Crippen LogP contribution in [0.15, 0.2) is 121 Å². The highest BCUT2D eigenvalue weighted by Gasteiger charge is 2.17. The monoisotopic (exact) mass is 490 g/mol. The van der Waals surface area contributed by atoms with Crippen LogP contribution >= 0.6 is 0 Å². The highest BCUT2D eigenvalue weighted by molar-refractivity contribution is 5.96. The van der Waals surface area contributed by atoms with Crippen molar-refractivity contribution in [2.75, 3.05) is 23.9 Å². The molecular formula is C36H30N2. The second-order valence-electron chi connectivity index (χ2n) is 10.5. The number of hydrogen-bond acceptors (Lipinski definition) is 2. The van der Waals surface area contributed by atoms with E-state index in [0.717, 1.165) is 13.1 Å². The largest absolute Gasteiger partial charge is 0.370 e. The van der Waals surface area contributed by atoms with Crippen LogP contribution in [-0.4, -0.2) is 14.1 Å². The minimum atomic E-state index is 0.831. The summed E-state index contributed by atoms with van der Waals surface area (Å²) in [6.07, 6.45) is 0. The van der Waals surface area contributed by atoms with Crippen LogP contribution in [0.1, 0.15) is 11.1 Å². The van der Waals surface area contributed by atoms with Crippen molar-refractivity contribution in [2.45, 2.75) is 13.1 Å². The molecule has 0 unspecified atom stereocenters. The minimum Gasteiger partial charge on any atom is -0.370 e. The van der Waals surface area contributed by atoms with E-state index < -0.39 is 0 Å². The van der Waals surface area contributed by atoms with Crippen molar-refractivity contribution in [2.24, 2.45) is 0 Å². The van der Waals surface area contributed by atoms with Gasteiger partial charge in [-0.25, -0.2) is 0 Å². The molecule has 6 aromatic rings. The van der Waals surface area contributed by atoms with Gasteiger partial charge in [-0.05, 0) is 80.2 Å². The predicted molar refractivity (Wildman–Crippen MR) is 163 cm³/mol. The molecule has 1 heterocycles. The van der Waals surface area contributed by atoms with Crippen molar-refractivity contribution in [3.8, 4) is 22.3 Å². The minimum absolute atomic E-state index is 0.831. The Morgan fingerprint density at radius 2 is 0.816 bits per heavy atom. The van der Waals surface area contributed by atoms with Crippen molar-refractivity contribution >= 4 is 32.9 Å². The van der Waals surface area contributed by atoms with Crippen LogP contribution in [0.5, 0.6) is 0 Å². The molecule has 0 N–H and O–H groups in total. The first kappa shape index (κ1) is 22.6. The molecule has 1 aliphatic rings. The van der Waals surface area contributed by atoms with Gasteiger partial charge in [0.1, 0.15) is 0 Å². The number of fused-ring (bicyclic) bond motifs is 10. The number of rotatable bonds is 0. The third kappa shape index (κ3) is 3.99. The van der Waals surface area contributed by atoms with Gasteiger partial charge in [0.15, 0.2) is 0 Å². The SMILES string of the molecule is CN1Cc2cccc(c2)-c2cc3ccccc3cc2N(C)Cc2cccc(c2)-c2cc3ccccc3cc21. The molecule has 1 aliphatic heterocycles. The highest BCUT2D eigenvalue weighted by Crippen LogP contribution is 2.39. The maximum Gasteiger partial charge on any atom is 0.0452 e. The summed E-state index contributed by atoms with van der Waals surface area (Å²) in [5, 5.41) is 5.08. The van der Waals surface area contributed by atoms with Gasteiger partial charge in [-0.2, -0.15) is 0 Å². The summed E-state index contributed by atoms with van der Waals surface area (Å²) in [6, 6.07) is 44.9. The predicted octanol–water partition coefficient (Wildman–Crippen LogP) is 8.91. The first-order chi connectivity index (χ1) is 18.6. The van der Waals surface area contributed by atoms with Gasteiger partial charge in [0.25, 0.3) is 0 Å². The average Bonchev–Trinajstić information content (AvgIpc) is 2.95. The fourth-order valence-corrected chi connectivity index (χ4v) is 5.94. The van der Waals surface area contributed by atoms with Gasteiger partial charge in [-0.15, -0.1) is 0 Å². The van der Waals surface area contributed by atoms with E-state index in [9.17, 15) is 0 Å². The second kappa shape index (κ2) is 9.08. The highest BCUT2D eigenvalue weighted by atomic mass is 15.1. The zero-order valence-corrected chi connectivity index (χ0v) is 21.9. The van der Waals surface area contributed by atoms with Gasteiger partial charge in [0.05, 0.1) is 0 Å². The number of anilines is 2. The van der Waals surface area contributed by atoms with Gasteiger partial charge in [-0.3, -0.25) is 0 Å². The first-order valence-electron chi connectivity index (χ1n) is 13.3. The fourth-order valence-electron chi connectivity index (χ4n) is 5.94. The molecule has 0 aliphatic carbocycles. The standard InChI is InChI=1S/C36H30N2/c1-37-23-25-9-7-16-32(17-25)34-20-28-12-4-6-14-30(28)22-36(34)38(2)24-26-10-8-15-31(18-26)33-19-27-11-3-5-13-29(27)21-35(33)37/h3-22H,23-24H2,1-2H3. The maximum absolute atomic E-state index is 2.40. The lowest BCUT2D eigenvalue weighted by atomic mass is 9.95. The second-order valence-corrected chi connectivity index (χ2v) is 10.5. The molecular weight excluding hydrogens is 460 g/mol. The van der Waals surface area contributed by atoms with Crippen LogP contribution in [-0.2, 0) is 13.1 Å². The lowest BCUT2D eigenvalue weighted by molar-refractivity contribution is 0.919. The molecule has 6 aromatic carbocycles. The first-order valence-corrected chi connectivity index (χ1v) is 13.3. The van der Waals surface area contributed by atoms with Crippen LogP contribution in [0, 0.1) is 0 Å². The van der Waals surface area contributed by atoms with E-state index >= 15 is 0 Å². The van der Waals surface area contributed by atoms with Crippen LogP contribution in [0.25, 0.3) is 43.8 Å². The Balaban J connectivity index is 1.47. The van der Waals surface area contributed by atoms with Gasteiger partial charge >= 0.3 is 0 Å². The third-order valence-corrected chi connectivity index (χ3v) is 7.87. The molecule has 0 radical (unpaired) electrons. The molecule has 2 nitrogen and oxygen atoms in total. The molecule has 0 fully saturated rings. The smallest absolute Gasteiger partial charge is 0.0452 e. The molecule has 2 heteroatoms. The summed E-state index contributed by atoms with van der Waals surface area (Å²) in [5.41, 5.74) is 10.2. The van der Waals surface area contributed by atoms with E-state index in [4.69, 9.17) is 0 Å². The summed E-state index contributed by atoms with van der Waals surface area (Å²) in [7, 11) is 4.43. The zero-order chi connectivity index (χ0) is 25.6. The van der Waals surface area contributed by atoms with Crippen LogP contribution in [0.2, 0.25) is 0 Å². The van der Waals surface area contributed by atoms with Gasteiger partial charge in [-0.1, -0.05) is 84.9 Å². The van der Waals surface area contributed by atoms with E-state index in [1.165, 1.54) is 66.3 Å². The molecule has 0 amide bonds. The molecule has 0 spiro atoms. The van der Waals surface area contributed by atoms with Crippen molar-refractivity contribution in [3.63, 3.8) is 0 Å². The molecule has 0 aromatic heterocycles. The van der Waals surface area contributed by atoms with Crippen LogP contribution < -0.4 is 9.80 Å². The van der Waals surface area contributed by atoms with Gasteiger partial charge < -0.3 is 9.80 Å². The fraction of sp³-hybridized carbons (Fsp3) is 0.111. The van der Waals surface area contributed by atoms with Gasteiger partial charge in [0, 0.05) is 49.7 Å². The van der Waals surface area contributed by atoms with E-state index in [-0.39, 0.29) is 0 Å². The van der Waals surface area contributed by atoms with Crippen molar-refractivity contribution in [1.29, 1.82) is 0 Å². The Labute approximate surface area is 224 Å². The molecule has 7 rings (SSSR count). The van der Waals surface area contributed by atoms with Gasteiger partial charge in [0.2, 0.25) is 0 Å². The molecule has 0 atom stereocenters. The Bertz CT molecular complexity index is 1680. The Morgan fingerprint density at radius 3 is 1.24 bits per heavy atom. The summed E-state index contributed by atoms with van der Waals surface area (Å²) in [6.45, 7) is 1.66. The summed E-state index contributed by atoms with van der Waals surface area (Å²) in [5.74, 6) is 0. The lowest BCUT2D eigenvalue weighted by Gasteiger charge is -2.27. The van der Waals surface area contributed by atoms with Crippen molar-refractivity contribution < 1.29 is 0 Å². The Hall–Kier alpha value is -4.56. The summed E-state index contributed by atoms with van der Waals surface area (Å²) < 4.78 is 0. The summed E-state index contributed by atoms with van der Waals surface area (Å²) in [4.78, 5) is 4.79. The summed E-state index contributed by atoms with van der Waals surface area (Å²) >= 11 is 0. The molecule has 4 bridgehead atoms. The Morgan fingerprint density at radius 1 is 0.421 bits per heavy atom. The maximum atomic E-state index is 2.40. The van der Waals surface area contributed by atoms with Crippen LogP contribution in [0.4, 0.5) is 11.4 Å². The van der Waals surface area contributed by atoms with Crippen molar-refractivity contribution in [1.82, 2.24) is 0 Å². The molecule has 38 heavy (non-hydrogen) atoms. The van der Waals surface area contributed by atoms with E-state index in [2.05, 4.69) is 145 Å². The Kier molecular flexibility index (Phi) is 5.40. The molecule has 0 saturated heterocycles.